The van der Waals surface area contributed by atoms with E-state index < -0.39 is 6.61 Å². The van der Waals surface area contributed by atoms with Crippen LogP contribution in [-0.4, -0.2) is 21.5 Å². The largest absolute Gasteiger partial charge is 0.435 e. The van der Waals surface area contributed by atoms with Crippen LogP contribution in [0.2, 0.25) is 0 Å². The molecule has 1 aromatic heterocycles. The molecule has 0 unspecified atom stereocenters. The number of alkyl halides is 2. The van der Waals surface area contributed by atoms with Crippen LogP contribution in [0.4, 0.5) is 14.7 Å². The highest BCUT2D eigenvalue weighted by Crippen LogP contribution is 2.23. The first kappa shape index (κ1) is 11.1. The number of aromatic nitrogens is 3. The summed E-state index contributed by atoms with van der Waals surface area (Å²) in [5.74, 6) is 5.87. The summed E-state index contributed by atoms with van der Waals surface area (Å²) in [7, 11) is 0. The molecule has 0 spiro atoms. The van der Waals surface area contributed by atoms with Gasteiger partial charge in [-0.2, -0.15) is 8.78 Å². The number of ether oxygens (including phenoxy) is 1. The SMILES string of the molecule is Nc1nnc(-c2cccc(OC(F)F)c2)n1N. The highest BCUT2D eigenvalue weighted by Gasteiger charge is 2.11. The van der Waals surface area contributed by atoms with Gasteiger partial charge in [-0.05, 0) is 12.1 Å². The fourth-order valence-corrected chi connectivity index (χ4v) is 1.31. The molecule has 0 aliphatic rings. The van der Waals surface area contributed by atoms with Gasteiger partial charge in [0.05, 0.1) is 0 Å². The van der Waals surface area contributed by atoms with Gasteiger partial charge in [0.1, 0.15) is 5.75 Å². The summed E-state index contributed by atoms with van der Waals surface area (Å²) >= 11 is 0. The Morgan fingerprint density at radius 3 is 2.65 bits per heavy atom. The average Bonchev–Trinajstić information content (AvgIpc) is 2.59. The van der Waals surface area contributed by atoms with E-state index in [9.17, 15) is 8.78 Å². The van der Waals surface area contributed by atoms with Gasteiger partial charge >= 0.3 is 6.61 Å². The smallest absolute Gasteiger partial charge is 0.387 e. The van der Waals surface area contributed by atoms with Crippen molar-refractivity contribution in [3.05, 3.63) is 24.3 Å². The van der Waals surface area contributed by atoms with Crippen LogP contribution < -0.4 is 16.3 Å². The van der Waals surface area contributed by atoms with E-state index in [1.54, 1.807) is 6.07 Å². The van der Waals surface area contributed by atoms with Crippen molar-refractivity contribution in [3.8, 4) is 17.1 Å². The van der Waals surface area contributed by atoms with Gasteiger partial charge in [0.2, 0.25) is 5.95 Å². The van der Waals surface area contributed by atoms with E-state index in [0.717, 1.165) is 4.68 Å². The zero-order valence-corrected chi connectivity index (χ0v) is 8.55. The summed E-state index contributed by atoms with van der Waals surface area (Å²) in [6, 6.07) is 5.94. The number of nitrogen functional groups attached to an aromatic ring is 2. The maximum Gasteiger partial charge on any atom is 0.387 e. The molecule has 0 amide bonds. The van der Waals surface area contributed by atoms with Gasteiger partial charge in [0.15, 0.2) is 5.82 Å². The topological polar surface area (TPSA) is 92.0 Å². The molecule has 0 fully saturated rings. The van der Waals surface area contributed by atoms with Gasteiger partial charge in [-0.1, -0.05) is 12.1 Å². The molecule has 8 heteroatoms. The lowest BCUT2D eigenvalue weighted by atomic mass is 10.2. The van der Waals surface area contributed by atoms with Gasteiger partial charge in [0.25, 0.3) is 0 Å². The van der Waals surface area contributed by atoms with Crippen molar-refractivity contribution in [1.29, 1.82) is 0 Å². The summed E-state index contributed by atoms with van der Waals surface area (Å²) < 4.78 is 29.4. The zero-order chi connectivity index (χ0) is 12.4. The fraction of sp³-hybridized carbons (Fsp3) is 0.111. The Hall–Kier alpha value is -2.38. The Labute approximate surface area is 94.8 Å². The molecule has 0 bridgehead atoms. The second-order valence-electron chi connectivity index (χ2n) is 3.16. The van der Waals surface area contributed by atoms with Gasteiger partial charge in [-0.15, -0.1) is 10.2 Å². The Kier molecular flexibility index (Phi) is 2.77. The standard InChI is InChI=1S/C9H9F2N5O/c10-8(11)17-6-3-1-2-5(4-6)7-14-15-9(12)16(7)13/h1-4,8H,13H2,(H2,12,15). The lowest BCUT2D eigenvalue weighted by Crippen LogP contribution is -2.13. The van der Waals surface area contributed by atoms with Gasteiger partial charge in [0, 0.05) is 5.56 Å². The van der Waals surface area contributed by atoms with E-state index in [0.29, 0.717) is 5.56 Å². The number of halogens is 2. The molecule has 0 aliphatic heterocycles. The summed E-state index contributed by atoms with van der Waals surface area (Å²) in [6.45, 7) is -2.88. The van der Waals surface area contributed by atoms with E-state index in [4.69, 9.17) is 11.6 Å². The summed E-state index contributed by atoms with van der Waals surface area (Å²) in [4.78, 5) is 0. The van der Waals surface area contributed by atoms with Crippen molar-refractivity contribution in [2.24, 2.45) is 0 Å². The Morgan fingerprint density at radius 2 is 2.06 bits per heavy atom. The van der Waals surface area contributed by atoms with Crippen molar-refractivity contribution in [1.82, 2.24) is 14.9 Å². The van der Waals surface area contributed by atoms with Crippen LogP contribution in [-0.2, 0) is 0 Å². The van der Waals surface area contributed by atoms with E-state index >= 15 is 0 Å². The predicted octanol–water partition coefficient (Wildman–Crippen LogP) is 0.843. The third kappa shape index (κ3) is 2.25. The molecule has 0 aliphatic carbocycles. The number of hydrogen-bond donors (Lipinski definition) is 2. The van der Waals surface area contributed by atoms with E-state index in [1.807, 2.05) is 0 Å². The van der Waals surface area contributed by atoms with Gasteiger partial charge in [-0.25, -0.2) is 4.68 Å². The summed E-state index contributed by atoms with van der Waals surface area (Å²) in [5, 5.41) is 7.29. The lowest BCUT2D eigenvalue weighted by Gasteiger charge is -2.06. The first-order chi connectivity index (χ1) is 8.08. The van der Waals surface area contributed by atoms with Gasteiger partial charge in [-0.3, -0.25) is 0 Å². The van der Waals surface area contributed by atoms with Crippen molar-refractivity contribution < 1.29 is 13.5 Å². The van der Waals surface area contributed by atoms with E-state index in [2.05, 4.69) is 14.9 Å². The second-order valence-corrected chi connectivity index (χ2v) is 3.16. The highest BCUT2D eigenvalue weighted by atomic mass is 19.3. The minimum absolute atomic E-state index is 0.0130. The van der Waals surface area contributed by atoms with Crippen LogP contribution in [0.5, 0.6) is 5.75 Å². The molecule has 1 aromatic carbocycles. The van der Waals surface area contributed by atoms with E-state index in [1.165, 1.54) is 18.2 Å². The van der Waals surface area contributed by atoms with Crippen LogP contribution >= 0.6 is 0 Å². The third-order valence-corrected chi connectivity index (χ3v) is 2.04. The molecule has 17 heavy (non-hydrogen) atoms. The molecule has 6 nitrogen and oxygen atoms in total. The summed E-state index contributed by atoms with van der Waals surface area (Å²) in [6.07, 6.45) is 0. The number of rotatable bonds is 3. The van der Waals surface area contributed by atoms with Gasteiger partial charge < -0.3 is 16.3 Å². The lowest BCUT2D eigenvalue weighted by molar-refractivity contribution is -0.0498. The maximum absolute atomic E-state index is 12.0. The Bertz CT molecular complexity index is 528. The molecule has 90 valence electrons. The maximum atomic E-state index is 12.0. The average molecular weight is 241 g/mol. The molecule has 2 aromatic rings. The van der Waals surface area contributed by atoms with Crippen molar-refractivity contribution >= 4 is 5.95 Å². The first-order valence-corrected chi connectivity index (χ1v) is 4.59. The minimum atomic E-state index is -2.88. The molecule has 2 rings (SSSR count). The molecule has 0 atom stereocenters. The van der Waals surface area contributed by atoms with Crippen LogP contribution in [0.25, 0.3) is 11.4 Å². The first-order valence-electron chi connectivity index (χ1n) is 4.59. The predicted molar refractivity (Wildman–Crippen MR) is 56.7 cm³/mol. The normalized spacial score (nSPS) is 10.8. The molecule has 1 heterocycles. The zero-order valence-electron chi connectivity index (χ0n) is 8.55. The molecule has 4 N–H and O–H groups in total. The van der Waals surface area contributed by atoms with Crippen LogP contribution in [0.15, 0.2) is 24.3 Å². The number of nitrogens with two attached hydrogens (primary N) is 2. The van der Waals surface area contributed by atoms with Crippen molar-refractivity contribution in [2.75, 3.05) is 11.6 Å². The Balaban J connectivity index is 2.36. The molecular weight excluding hydrogens is 232 g/mol. The molecule has 0 radical (unpaired) electrons. The molecule has 0 saturated carbocycles. The number of anilines is 1. The minimum Gasteiger partial charge on any atom is -0.435 e. The summed E-state index contributed by atoms with van der Waals surface area (Å²) in [5.41, 5.74) is 5.89. The van der Waals surface area contributed by atoms with Crippen LogP contribution in [0, 0.1) is 0 Å². The van der Waals surface area contributed by atoms with Crippen molar-refractivity contribution in [2.45, 2.75) is 6.61 Å². The third-order valence-electron chi connectivity index (χ3n) is 2.04. The number of hydrogen-bond acceptors (Lipinski definition) is 5. The highest BCUT2D eigenvalue weighted by molar-refractivity contribution is 5.59. The molecule has 0 saturated heterocycles. The van der Waals surface area contributed by atoms with Crippen molar-refractivity contribution in [3.63, 3.8) is 0 Å². The second kappa shape index (κ2) is 4.24. The molecular formula is C9H9F2N5O. The van der Waals surface area contributed by atoms with Crippen LogP contribution in [0.3, 0.4) is 0 Å². The Morgan fingerprint density at radius 1 is 1.29 bits per heavy atom. The fourth-order valence-electron chi connectivity index (χ4n) is 1.31. The quantitative estimate of drug-likeness (QED) is 0.777. The number of benzene rings is 1. The van der Waals surface area contributed by atoms with E-state index in [-0.39, 0.29) is 17.5 Å². The monoisotopic (exact) mass is 241 g/mol. The van der Waals surface area contributed by atoms with Crippen LogP contribution in [0.1, 0.15) is 0 Å². The number of nitrogens with zero attached hydrogens (tertiary/aromatic N) is 3.